The third kappa shape index (κ3) is 6.98. The van der Waals surface area contributed by atoms with Crippen LogP contribution in [0.2, 0.25) is 0 Å². The van der Waals surface area contributed by atoms with Crippen LogP contribution in [-0.4, -0.2) is 50.8 Å². The summed E-state index contributed by atoms with van der Waals surface area (Å²) in [4.78, 5) is 29.9. The van der Waals surface area contributed by atoms with Crippen LogP contribution in [0.25, 0.3) is 22.2 Å². The topological polar surface area (TPSA) is 96.0 Å². The highest BCUT2D eigenvalue weighted by Gasteiger charge is 2.17. The number of ether oxygens (including phenoxy) is 4. The number of halogens is 2. The fourth-order valence-electron chi connectivity index (χ4n) is 3.94. The first kappa shape index (κ1) is 27.3. The van der Waals surface area contributed by atoms with E-state index < -0.39 is 25.1 Å². The Morgan fingerprint density at radius 1 is 0.923 bits per heavy atom. The molecule has 4 aromatic rings. The van der Waals surface area contributed by atoms with Crippen LogP contribution in [0.4, 0.5) is 8.78 Å². The highest BCUT2D eigenvalue weighted by Crippen LogP contribution is 2.28. The lowest BCUT2D eigenvalue weighted by Gasteiger charge is -2.11. The van der Waals surface area contributed by atoms with E-state index in [0.29, 0.717) is 46.6 Å². The molecule has 1 aromatic heterocycles. The van der Waals surface area contributed by atoms with Crippen molar-refractivity contribution in [3.63, 3.8) is 0 Å². The summed E-state index contributed by atoms with van der Waals surface area (Å²) in [5.41, 5.74) is 2.72. The number of nitrogens with zero attached hydrogens (tertiary/aromatic N) is 1. The summed E-state index contributed by atoms with van der Waals surface area (Å²) in [5.74, 6) is 0.0734. The fraction of sp³-hybridized carbons (Fsp3) is 0.207. The number of fused-ring (bicyclic) bond motifs is 1. The van der Waals surface area contributed by atoms with Crippen molar-refractivity contribution in [3.8, 4) is 28.5 Å². The van der Waals surface area contributed by atoms with Crippen LogP contribution in [0.3, 0.4) is 0 Å². The fourth-order valence-corrected chi connectivity index (χ4v) is 3.94. The molecule has 0 saturated carbocycles. The Bertz CT molecular complexity index is 1460. The molecular weight excluding hydrogens is 510 g/mol. The van der Waals surface area contributed by atoms with Gasteiger partial charge in [0.1, 0.15) is 5.75 Å². The van der Waals surface area contributed by atoms with Gasteiger partial charge in [-0.3, -0.25) is 4.79 Å². The van der Waals surface area contributed by atoms with E-state index >= 15 is 0 Å². The maximum Gasteiger partial charge on any atom is 0.387 e. The van der Waals surface area contributed by atoms with Crippen molar-refractivity contribution >= 4 is 22.8 Å². The Morgan fingerprint density at radius 3 is 2.38 bits per heavy atom. The standard InChI is InChI=1S/C29H26F2N2O6/c1-36-25-12-7-18(15-26(25)37-2)13-14-32-27(34)17-38-28(35)22-16-24(33-23-6-4-3-5-21(22)23)19-8-10-20(11-9-19)39-29(30)31/h3-12,15-16,29H,13-14,17H2,1-2H3,(H,32,34). The third-order valence-electron chi connectivity index (χ3n) is 5.83. The summed E-state index contributed by atoms with van der Waals surface area (Å²) < 4.78 is 45.1. The molecule has 0 saturated heterocycles. The molecule has 10 heteroatoms. The van der Waals surface area contributed by atoms with Crippen LogP contribution in [0.1, 0.15) is 15.9 Å². The quantitative estimate of drug-likeness (QED) is 0.269. The molecule has 1 N–H and O–H groups in total. The number of amides is 1. The summed E-state index contributed by atoms with van der Waals surface area (Å²) in [6.07, 6.45) is 0.541. The number of para-hydroxylation sites is 1. The van der Waals surface area contributed by atoms with Gasteiger partial charge in [0.2, 0.25) is 0 Å². The zero-order valence-corrected chi connectivity index (χ0v) is 21.3. The first-order valence-corrected chi connectivity index (χ1v) is 12.0. The van der Waals surface area contributed by atoms with Crippen molar-refractivity contribution in [1.29, 1.82) is 0 Å². The number of hydrogen-bond donors (Lipinski definition) is 1. The zero-order chi connectivity index (χ0) is 27.8. The van der Waals surface area contributed by atoms with Crippen molar-refractivity contribution in [2.45, 2.75) is 13.0 Å². The lowest BCUT2D eigenvalue weighted by atomic mass is 10.0. The molecule has 3 aromatic carbocycles. The Labute approximate surface area is 223 Å². The molecule has 1 heterocycles. The van der Waals surface area contributed by atoms with E-state index in [9.17, 15) is 18.4 Å². The predicted molar refractivity (Wildman–Crippen MR) is 140 cm³/mol. The number of carbonyl (C=O) groups is 2. The van der Waals surface area contributed by atoms with Gasteiger partial charge in [-0.1, -0.05) is 24.3 Å². The Morgan fingerprint density at radius 2 is 1.67 bits per heavy atom. The molecule has 202 valence electrons. The minimum absolute atomic E-state index is 0.00585. The van der Waals surface area contributed by atoms with Crippen LogP contribution in [0.15, 0.2) is 72.8 Å². The highest BCUT2D eigenvalue weighted by molar-refractivity contribution is 6.05. The third-order valence-corrected chi connectivity index (χ3v) is 5.83. The number of benzene rings is 3. The number of carbonyl (C=O) groups excluding carboxylic acids is 2. The summed E-state index contributed by atoms with van der Waals surface area (Å²) in [6, 6.07) is 20.0. The maximum absolute atomic E-state index is 13.0. The van der Waals surface area contributed by atoms with Crippen molar-refractivity contribution in [2.75, 3.05) is 27.4 Å². The number of pyridine rings is 1. The molecule has 1 amide bonds. The molecule has 0 aliphatic carbocycles. The molecule has 0 unspecified atom stereocenters. The number of alkyl halides is 2. The number of esters is 1. The molecule has 0 aliphatic heterocycles. The first-order chi connectivity index (χ1) is 18.9. The highest BCUT2D eigenvalue weighted by atomic mass is 19.3. The minimum atomic E-state index is -2.93. The van der Waals surface area contributed by atoms with E-state index in [2.05, 4.69) is 15.0 Å². The molecule has 0 aliphatic rings. The second kappa shape index (κ2) is 12.7. The van der Waals surface area contributed by atoms with Gasteiger partial charge < -0.3 is 24.3 Å². The van der Waals surface area contributed by atoms with Crippen LogP contribution in [-0.2, 0) is 16.0 Å². The number of nitrogens with one attached hydrogen (secondary N) is 1. The van der Waals surface area contributed by atoms with Crippen molar-refractivity contribution in [2.24, 2.45) is 0 Å². The lowest BCUT2D eigenvalue weighted by Crippen LogP contribution is -2.30. The summed E-state index contributed by atoms with van der Waals surface area (Å²) in [6.45, 7) is -3.06. The normalized spacial score (nSPS) is 10.8. The van der Waals surface area contributed by atoms with E-state index in [1.807, 2.05) is 12.1 Å². The van der Waals surface area contributed by atoms with E-state index in [-0.39, 0.29) is 11.3 Å². The van der Waals surface area contributed by atoms with Gasteiger partial charge in [-0.15, -0.1) is 0 Å². The zero-order valence-electron chi connectivity index (χ0n) is 21.3. The minimum Gasteiger partial charge on any atom is -0.493 e. The van der Waals surface area contributed by atoms with Crippen molar-refractivity contribution < 1.29 is 37.3 Å². The molecule has 8 nitrogen and oxygen atoms in total. The van der Waals surface area contributed by atoms with Gasteiger partial charge in [0.05, 0.1) is 31.0 Å². The van der Waals surface area contributed by atoms with Gasteiger partial charge in [0.25, 0.3) is 5.91 Å². The van der Waals surface area contributed by atoms with E-state index in [0.717, 1.165) is 5.56 Å². The summed E-state index contributed by atoms with van der Waals surface area (Å²) >= 11 is 0. The number of hydrogen-bond acceptors (Lipinski definition) is 7. The summed E-state index contributed by atoms with van der Waals surface area (Å²) in [7, 11) is 3.11. The van der Waals surface area contributed by atoms with Crippen molar-refractivity contribution in [3.05, 3.63) is 83.9 Å². The van der Waals surface area contributed by atoms with E-state index in [1.165, 1.54) is 12.1 Å². The Balaban J connectivity index is 1.40. The Kier molecular flexibility index (Phi) is 8.88. The molecule has 4 rings (SSSR count). The first-order valence-electron chi connectivity index (χ1n) is 12.0. The summed E-state index contributed by atoms with van der Waals surface area (Å²) in [5, 5.41) is 3.28. The van der Waals surface area contributed by atoms with Gasteiger partial charge in [0.15, 0.2) is 18.1 Å². The van der Waals surface area contributed by atoms with Gasteiger partial charge in [-0.25, -0.2) is 9.78 Å². The second-order valence-corrected chi connectivity index (χ2v) is 8.34. The second-order valence-electron chi connectivity index (χ2n) is 8.34. The predicted octanol–water partition coefficient (Wildman–Crippen LogP) is 5.04. The van der Waals surface area contributed by atoms with Crippen LogP contribution in [0.5, 0.6) is 17.2 Å². The smallest absolute Gasteiger partial charge is 0.387 e. The van der Waals surface area contributed by atoms with Crippen LogP contribution >= 0.6 is 0 Å². The van der Waals surface area contributed by atoms with Crippen molar-refractivity contribution in [1.82, 2.24) is 10.3 Å². The number of methoxy groups -OCH3 is 2. The molecule has 0 bridgehead atoms. The monoisotopic (exact) mass is 536 g/mol. The average molecular weight is 537 g/mol. The molecule has 0 atom stereocenters. The number of rotatable bonds is 11. The maximum atomic E-state index is 13.0. The van der Waals surface area contributed by atoms with E-state index in [1.54, 1.807) is 62.8 Å². The average Bonchev–Trinajstić information content (AvgIpc) is 2.95. The number of aromatic nitrogens is 1. The SMILES string of the molecule is COc1ccc(CCNC(=O)COC(=O)c2cc(-c3ccc(OC(F)F)cc3)nc3ccccc23)cc1OC. The van der Waals surface area contributed by atoms with Gasteiger partial charge >= 0.3 is 12.6 Å². The van der Waals surface area contributed by atoms with E-state index in [4.69, 9.17) is 14.2 Å². The molecule has 39 heavy (non-hydrogen) atoms. The lowest BCUT2D eigenvalue weighted by molar-refractivity contribution is -0.124. The van der Waals surface area contributed by atoms with Gasteiger partial charge in [-0.2, -0.15) is 8.78 Å². The van der Waals surface area contributed by atoms with Gasteiger partial charge in [0, 0.05) is 17.5 Å². The van der Waals surface area contributed by atoms with Gasteiger partial charge in [-0.05, 0) is 60.5 Å². The van der Waals surface area contributed by atoms with Crippen LogP contribution in [0, 0.1) is 0 Å². The molecule has 0 radical (unpaired) electrons. The molecular formula is C29H26F2N2O6. The molecule has 0 fully saturated rings. The Hall–Kier alpha value is -4.73. The largest absolute Gasteiger partial charge is 0.493 e. The van der Waals surface area contributed by atoms with Crippen LogP contribution < -0.4 is 19.5 Å². The molecule has 0 spiro atoms.